The lowest BCUT2D eigenvalue weighted by Crippen LogP contribution is -2.47. The molecular weight excluding hydrogens is 373 g/mol. The van der Waals surface area contributed by atoms with Crippen molar-refractivity contribution >= 4 is 11.8 Å². The first-order valence-electron chi connectivity index (χ1n) is 9.80. The Balaban J connectivity index is 2.19. The third-order valence-corrected chi connectivity index (χ3v) is 5.10. The summed E-state index contributed by atoms with van der Waals surface area (Å²) in [5.74, 6) is -0.835. The van der Waals surface area contributed by atoms with Gasteiger partial charge in [-0.15, -0.1) is 0 Å². The molecule has 0 aliphatic heterocycles. The van der Waals surface area contributed by atoms with Gasteiger partial charge in [0.15, 0.2) is 0 Å². The van der Waals surface area contributed by atoms with E-state index in [0.717, 1.165) is 5.69 Å². The number of benzene rings is 1. The Morgan fingerprint density at radius 1 is 1.21 bits per heavy atom. The van der Waals surface area contributed by atoms with Gasteiger partial charge in [-0.25, -0.2) is 4.39 Å². The quantitative estimate of drug-likeness (QED) is 0.613. The Kier molecular flexibility index (Phi) is 8.39. The molecular formula is C22H30FN3O3. The molecule has 0 fully saturated rings. The smallest absolute Gasteiger partial charge is 0.254 e. The number of aryl methyl sites for hydroxylation is 1. The number of methoxy groups -OCH3 is 1. The summed E-state index contributed by atoms with van der Waals surface area (Å²) >= 11 is 0. The average molecular weight is 403 g/mol. The van der Waals surface area contributed by atoms with Gasteiger partial charge in [0.25, 0.3) is 5.91 Å². The molecule has 1 aromatic heterocycles. The first-order valence-corrected chi connectivity index (χ1v) is 9.80. The van der Waals surface area contributed by atoms with Crippen LogP contribution in [0.4, 0.5) is 4.39 Å². The van der Waals surface area contributed by atoms with Crippen LogP contribution in [-0.4, -0.2) is 59.0 Å². The van der Waals surface area contributed by atoms with Crippen molar-refractivity contribution in [3.63, 3.8) is 0 Å². The summed E-state index contributed by atoms with van der Waals surface area (Å²) in [6.07, 6.45) is 2.63. The summed E-state index contributed by atoms with van der Waals surface area (Å²) in [5, 5.41) is 0. The molecule has 0 saturated heterocycles. The zero-order valence-electron chi connectivity index (χ0n) is 17.6. The molecule has 0 N–H and O–H groups in total. The first-order chi connectivity index (χ1) is 13.9. The molecule has 0 aliphatic rings. The first kappa shape index (κ1) is 22.6. The molecule has 7 heteroatoms. The van der Waals surface area contributed by atoms with Gasteiger partial charge in [-0.3, -0.25) is 9.59 Å². The summed E-state index contributed by atoms with van der Waals surface area (Å²) in [7, 11) is 3.52. The van der Waals surface area contributed by atoms with E-state index in [4.69, 9.17) is 4.74 Å². The molecule has 29 heavy (non-hydrogen) atoms. The Hall–Kier alpha value is -2.67. The van der Waals surface area contributed by atoms with Crippen LogP contribution in [-0.2, 0) is 23.1 Å². The lowest BCUT2D eigenvalue weighted by molar-refractivity contribution is -0.133. The highest BCUT2D eigenvalue weighted by molar-refractivity contribution is 5.96. The number of amides is 2. The lowest BCUT2D eigenvalue weighted by atomic mass is 10.1. The second-order valence-corrected chi connectivity index (χ2v) is 7.12. The number of ether oxygens (including phenoxy) is 1. The van der Waals surface area contributed by atoms with Gasteiger partial charge in [0.05, 0.1) is 13.2 Å². The van der Waals surface area contributed by atoms with E-state index in [9.17, 15) is 14.0 Å². The van der Waals surface area contributed by atoms with Crippen LogP contribution in [0, 0.1) is 5.82 Å². The molecule has 1 aromatic carbocycles. The van der Waals surface area contributed by atoms with Crippen LogP contribution < -0.4 is 0 Å². The van der Waals surface area contributed by atoms with Crippen molar-refractivity contribution in [3.8, 4) is 0 Å². The normalized spacial score (nSPS) is 11.9. The number of carbonyl (C=O) groups excluding carboxylic acids is 2. The van der Waals surface area contributed by atoms with Crippen LogP contribution in [0.5, 0.6) is 0 Å². The van der Waals surface area contributed by atoms with Crippen LogP contribution in [0.2, 0.25) is 0 Å². The molecule has 0 saturated carbocycles. The largest absolute Gasteiger partial charge is 0.383 e. The molecule has 6 nitrogen and oxygen atoms in total. The summed E-state index contributed by atoms with van der Waals surface area (Å²) in [4.78, 5) is 29.4. The highest BCUT2D eigenvalue weighted by Gasteiger charge is 2.26. The number of carbonyl (C=O) groups is 2. The molecule has 0 unspecified atom stereocenters. The Labute approximate surface area is 171 Å². The Morgan fingerprint density at radius 3 is 2.45 bits per heavy atom. The highest BCUT2D eigenvalue weighted by atomic mass is 19.1. The fraction of sp³-hybridized carbons (Fsp3) is 0.455. The molecule has 0 bridgehead atoms. The van der Waals surface area contributed by atoms with Crippen LogP contribution in [0.1, 0.15) is 36.3 Å². The van der Waals surface area contributed by atoms with E-state index in [2.05, 4.69) is 0 Å². The second kappa shape index (κ2) is 10.8. The van der Waals surface area contributed by atoms with Crippen LogP contribution >= 0.6 is 0 Å². The van der Waals surface area contributed by atoms with Gasteiger partial charge in [-0.1, -0.05) is 6.92 Å². The van der Waals surface area contributed by atoms with Crippen molar-refractivity contribution < 1.29 is 18.7 Å². The zero-order chi connectivity index (χ0) is 21.4. The fourth-order valence-corrected chi connectivity index (χ4v) is 3.00. The van der Waals surface area contributed by atoms with E-state index in [1.54, 1.807) is 16.9 Å². The van der Waals surface area contributed by atoms with Gasteiger partial charge in [0, 0.05) is 44.2 Å². The molecule has 1 atom stereocenters. The van der Waals surface area contributed by atoms with E-state index in [0.29, 0.717) is 31.7 Å². The minimum absolute atomic E-state index is 0.0423. The average Bonchev–Trinajstić information content (AvgIpc) is 3.13. The molecule has 0 radical (unpaired) electrons. The van der Waals surface area contributed by atoms with Gasteiger partial charge < -0.3 is 19.1 Å². The summed E-state index contributed by atoms with van der Waals surface area (Å²) in [5.41, 5.74) is 1.36. The predicted molar refractivity (Wildman–Crippen MR) is 110 cm³/mol. The van der Waals surface area contributed by atoms with Gasteiger partial charge in [0.2, 0.25) is 5.91 Å². The highest BCUT2D eigenvalue weighted by Crippen LogP contribution is 2.14. The third-order valence-electron chi connectivity index (χ3n) is 5.10. The van der Waals surface area contributed by atoms with Crippen molar-refractivity contribution in [1.29, 1.82) is 0 Å². The van der Waals surface area contributed by atoms with Crippen LogP contribution in [0.25, 0.3) is 0 Å². The second-order valence-electron chi connectivity index (χ2n) is 7.12. The Morgan fingerprint density at radius 2 is 1.90 bits per heavy atom. The van der Waals surface area contributed by atoms with E-state index in [1.165, 1.54) is 24.3 Å². The SMILES string of the molecule is CC[C@H](C)N(CC(=O)N(CCOC)Cc1cccn1C)C(=O)c1ccc(F)cc1. The maximum Gasteiger partial charge on any atom is 0.254 e. The molecule has 2 rings (SSSR count). The Bertz CT molecular complexity index is 804. The number of hydrogen-bond acceptors (Lipinski definition) is 3. The van der Waals surface area contributed by atoms with E-state index in [-0.39, 0.29) is 24.4 Å². The van der Waals surface area contributed by atoms with Gasteiger partial charge in [0.1, 0.15) is 12.4 Å². The molecule has 0 aliphatic carbocycles. The molecule has 2 amide bonds. The molecule has 2 aromatic rings. The standard InChI is InChI=1S/C22H30FN3O3/c1-5-17(2)26(22(28)18-8-10-19(23)11-9-18)16-21(27)25(13-14-29-4)15-20-7-6-12-24(20)3/h6-12,17H,5,13-16H2,1-4H3/t17-/m0/s1. The zero-order valence-corrected chi connectivity index (χ0v) is 17.6. The topological polar surface area (TPSA) is 54.8 Å². The lowest BCUT2D eigenvalue weighted by Gasteiger charge is -2.31. The van der Waals surface area contributed by atoms with E-state index < -0.39 is 5.82 Å². The monoisotopic (exact) mass is 403 g/mol. The van der Waals surface area contributed by atoms with Crippen molar-refractivity contribution in [1.82, 2.24) is 14.4 Å². The van der Waals surface area contributed by atoms with Crippen molar-refractivity contribution in [3.05, 3.63) is 59.7 Å². The maximum atomic E-state index is 13.2. The van der Waals surface area contributed by atoms with Crippen molar-refractivity contribution in [2.24, 2.45) is 7.05 Å². The van der Waals surface area contributed by atoms with E-state index in [1.807, 2.05) is 43.8 Å². The minimum Gasteiger partial charge on any atom is -0.383 e. The van der Waals surface area contributed by atoms with Crippen molar-refractivity contribution in [2.75, 3.05) is 26.8 Å². The van der Waals surface area contributed by atoms with Gasteiger partial charge >= 0.3 is 0 Å². The van der Waals surface area contributed by atoms with Crippen LogP contribution in [0.3, 0.4) is 0 Å². The maximum absolute atomic E-state index is 13.2. The minimum atomic E-state index is -0.402. The number of hydrogen-bond donors (Lipinski definition) is 0. The number of aromatic nitrogens is 1. The molecule has 0 spiro atoms. The number of halogens is 1. The van der Waals surface area contributed by atoms with Gasteiger partial charge in [-0.2, -0.15) is 0 Å². The summed E-state index contributed by atoms with van der Waals surface area (Å²) in [6.45, 7) is 5.10. The van der Waals surface area contributed by atoms with Crippen molar-refractivity contribution in [2.45, 2.75) is 32.9 Å². The molecule has 1 heterocycles. The fourth-order valence-electron chi connectivity index (χ4n) is 3.00. The third kappa shape index (κ3) is 6.15. The van der Waals surface area contributed by atoms with Gasteiger partial charge in [-0.05, 0) is 49.7 Å². The summed E-state index contributed by atoms with van der Waals surface area (Å²) in [6, 6.07) is 9.17. The predicted octanol–water partition coefficient (Wildman–Crippen LogP) is 3.08. The summed E-state index contributed by atoms with van der Waals surface area (Å²) < 4.78 is 20.3. The number of rotatable bonds is 10. The van der Waals surface area contributed by atoms with Crippen LogP contribution in [0.15, 0.2) is 42.6 Å². The van der Waals surface area contributed by atoms with E-state index >= 15 is 0 Å². The molecule has 158 valence electrons. The number of nitrogens with zero attached hydrogens (tertiary/aromatic N) is 3.